The highest BCUT2D eigenvalue weighted by atomic mass is 16.5. The molecule has 0 radical (unpaired) electrons. The van der Waals surface area contributed by atoms with Crippen molar-refractivity contribution in [2.45, 2.75) is 26.2 Å². The zero-order valence-electron chi connectivity index (χ0n) is 14.1. The number of aromatic nitrogens is 4. The highest BCUT2D eigenvalue weighted by Crippen LogP contribution is 2.26. The number of H-pyrrole nitrogens is 2. The normalized spacial score (nSPS) is 11.2. The Morgan fingerprint density at radius 1 is 1.21 bits per heavy atom. The quantitative estimate of drug-likeness (QED) is 0.750. The van der Waals surface area contributed by atoms with E-state index in [0.717, 1.165) is 22.8 Å². The van der Waals surface area contributed by atoms with Crippen molar-refractivity contribution in [2.24, 2.45) is 0 Å². The van der Waals surface area contributed by atoms with Crippen LogP contribution in [-0.4, -0.2) is 34.4 Å². The summed E-state index contributed by atoms with van der Waals surface area (Å²) in [5.74, 6) is 2.17. The number of hydrogen-bond acceptors (Lipinski definition) is 5. The van der Waals surface area contributed by atoms with E-state index in [1.165, 1.54) is 0 Å². The van der Waals surface area contributed by atoms with E-state index >= 15 is 0 Å². The molecule has 24 heavy (non-hydrogen) atoms. The molecule has 126 valence electrons. The van der Waals surface area contributed by atoms with E-state index in [0.29, 0.717) is 23.3 Å². The fraction of sp³-hybridized carbons (Fsp3) is 0.353. The van der Waals surface area contributed by atoms with Crippen molar-refractivity contribution in [2.75, 3.05) is 14.2 Å². The first-order valence-electron chi connectivity index (χ1n) is 7.71. The van der Waals surface area contributed by atoms with Crippen LogP contribution >= 0.6 is 0 Å². The van der Waals surface area contributed by atoms with Gasteiger partial charge in [0.2, 0.25) is 0 Å². The summed E-state index contributed by atoms with van der Waals surface area (Å²) in [4.78, 5) is 19.7. The minimum absolute atomic E-state index is 0.173. The summed E-state index contributed by atoms with van der Waals surface area (Å²) < 4.78 is 10.6. The number of rotatable bonds is 5. The van der Waals surface area contributed by atoms with Crippen LogP contribution in [-0.2, 0) is 6.42 Å². The lowest BCUT2D eigenvalue weighted by Gasteiger charge is -2.10. The van der Waals surface area contributed by atoms with Crippen molar-refractivity contribution in [3.8, 4) is 11.5 Å². The Bertz CT molecular complexity index is 927. The zero-order chi connectivity index (χ0) is 17.3. The van der Waals surface area contributed by atoms with Gasteiger partial charge in [0.25, 0.3) is 5.56 Å². The van der Waals surface area contributed by atoms with Crippen molar-refractivity contribution >= 4 is 11.0 Å². The van der Waals surface area contributed by atoms with Gasteiger partial charge in [0.05, 0.1) is 19.9 Å². The van der Waals surface area contributed by atoms with Gasteiger partial charge in [-0.05, 0) is 24.1 Å². The van der Waals surface area contributed by atoms with E-state index in [4.69, 9.17) is 9.47 Å². The predicted octanol–water partition coefficient (Wildman–Crippen LogP) is 2.38. The lowest BCUT2D eigenvalue weighted by Crippen LogP contribution is -2.12. The highest BCUT2D eigenvalue weighted by Gasteiger charge is 2.16. The lowest BCUT2D eigenvalue weighted by atomic mass is 10.1. The van der Waals surface area contributed by atoms with Crippen LogP contribution in [0.2, 0.25) is 0 Å². The van der Waals surface area contributed by atoms with Crippen molar-refractivity contribution in [3.63, 3.8) is 0 Å². The van der Waals surface area contributed by atoms with Gasteiger partial charge in [-0.3, -0.25) is 9.89 Å². The second-order valence-electron chi connectivity index (χ2n) is 5.85. The van der Waals surface area contributed by atoms with Gasteiger partial charge in [-0.1, -0.05) is 13.8 Å². The Labute approximate surface area is 139 Å². The maximum atomic E-state index is 12.3. The summed E-state index contributed by atoms with van der Waals surface area (Å²) in [7, 11) is 3.22. The summed E-state index contributed by atoms with van der Waals surface area (Å²) in [5.41, 5.74) is 2.46. The van der Waals surface area contributed by atoms with Gasteiger partial charge in [0.15, 0.2) is 0 Å². The number of ether oxygens (including phenoxy) is 2. The van der Waals surface area contributed by atoms with E-state index in [-0.39, 0.29) is 11.5 Å². The van der Waals surface area contributed by atoms with Crippen LogP contribution in [0.25, 0.3) is 11.0 Å². The standard InChI is InChI=1S/C17H20N4O3/c1-9(2)14-15-16(21-20-14)17(22)19-13(18-15)8-10-7-11(23-3)5-6-12(10)24-4/h5-7,9H,8H2,1-4H3,(H,20,21)(H,18,19,22). The third-order valence-electron chi connectivity index (χ3n) is 3.89. The third-order valence-corrected chi connectivity index (χ3v) is 3.89. The second-order valence-corrected chi connectivity index (χ2v) is 5.85. The Hall–Kier alpha value is -2.83. The largest absolute Gasteiger partial charge is 0.497 e. The van der Waals surface area contributed by atoms with Crippen LogP contribution in [0.4, 0.5) is 0 Å². The molecule has 2 aromatic heterocycles. The smallest absolute Gasteiger partial charge is 0.276 e. The number of hydrogen-bond donors (Lipinski definition) is 2. The maximum Gasteiger partial charge on any atom is 0.276 e. The summed E-state index contributed by atoms with van der Waals surface area (Å²) >= 11 is 0. The maximum absolute atomic E-state index is 12.3. The van der Waals surface area contributed by atoms with Gasteiger partial charge in [0, 0.05) is 12.0 Å². The molecular formula is C17H20N4O3. The van der Waals surface area contributed by atoms with Crippen LogP contribution in [0.5, 0.6) is 11.5 Å². The van der Waals surface area contributed by atoms with Gasteiger partial charge in [-0.2, -0.15) is 5.10 Å². The van der Waals surface area contributed by atoms with E-state index in [1.807, 2.05) is 32.0 Å². The van der Waals surface area contributed by atoms with E-state index in [1.54, 1.807) is 14.2 Å². The average Bonchev–Trinajstić information content (AvgIpc) is 2.99. The summed E-state index contributed by atoms with van der Waals surface area (Å²) in [5, 5.41) is 6.98. The first kappa shape index (κ1) is 16.0. The molecule has 0 aliphatic carbocycles. The summed E-state index contributed by atoms with van der Waals surface area (Å²) in [6.45, 7) is 4.03. The predicted molar refractivity (Wildman–Crippen MR) is 91.0 cm³/mol. The molecule has 7 nitrogen and oxygen atoms in total. The van der Waals surface area contributed by atoms with E-state index in [2.05, 4.69) is 20.2 Å². The summed E-state index contributed by atoms with van der Waals surface area (Å²) in [6, 6.07) is 5.54. The van der Waals surface area contributed by atoms with Crippen molar-refractivity contribution in [1.29, 1.82) is 0 Å². The first-order chi connectivity index (χ1) is 11.5. The van der Waals surface area contributed by atoms with Gasteiger partial charge in [-0.15, -0.1) is 0 Å². The van der Waals surface area contributed by atoms with Crippen LogP contribution in [0.15, 0.2) is 23.0 Å². The molecule has 0 saturated carbocycles. The number of nitrogens with zero attached hydrogens (tertiary/aromatic N) is 2. The third kappa shape index (κ3) is 2.84. The topological polar surface area (TPSA) is 92.9 Å². The second kappa shape index (κ2) is 6.35. The number of methoxy groups -OCH3 is 2. The molecule has 7 heteroatoms. The molecule has 3 rings (SSSR count). The monoisotopic (exact) mass is 328 g/mol. The van der Waals surface area contributed by atoms with Crippen molar-refractivity contribution < 1.29 is 9.47 Å². The number of aromatic amines is 2. The van der Waals surface area contributed by atoms with Crippen LogP contribution < -0.4 is 15.0 Å². The van der Waals surface area contributed by atoms with Crippen molar-refractivity contribution in [1.82, 2.24) is 20.2 Å². The number of fused-ring (bicyclic) bond motifs is 1. The molecule has 2 N–H and O–H groups in total. The average molecular weight is 328 g/mol. The summed E-state index contributed by atoms with van der Waals surface area (Å²) in [6.07, 6.45) is 0.425. The van der Waals surface area contributed by atoms with Crippen LogP contribution in [0, 0.1) is 0 Å². The Morgan fingerprint density at radius 2 is 2.00 bits per heavy atom. The van der Waals surface area contributed by atoms with Gasteiger partial charge >= 0.3 is 0 Å². The van der Waals surface area contributed by atoms with Gasteiger partial charge in [-0.25, -0.2) is 4.98 Å². The molecule has 0 aliphatic rings. The Kier molecular flexibility index (Phi) is 4.24. The number of nitrogens with one attached hydrogen (secondary N) is 2. The van der Waals surface area contributed by atoms with E-state index < -0.39 is 0 Å². The minimum atomic E-state index is -0.226. The molecule has 0 fully saturated rings. The molecule has 0 bridgehead atoms. The molecular weight excluding hydrogens is 308 g/mol. The fourth-order valence-electron chi connectivity index (χ4n) is 2.66. The molecule has 0 unspecified atom stereocenters. The number of benzene rings is 1. The fourth-order valence-corrected chi connectivity index (χ4v) is 2.66. The zero-order valence-corrected chi connectivity index (χ0v) is 14.1. The first-order valence-corrected chi connectivity index (χ1v) is 7.71. The molecule has 3 aromatic rings. The van der Waals surface area contributed by atoms with Crippen LogP contribution in [0.1, 0.15) is 36.8 Å². The molecule has 2 heterocycles. The highest BCUT2D eigenvalue weighted by molar-refractivity contribution is 5.76. The SMILES string of the molecule is COc1ccc(OC)c(Cc2nc3c(C(C)C)n[nH]c3c(=O)[nH]2)c1. The molecule has 0 atom stereocenters. The van der Waals surface area contributed by atoms with Gasteiger partial charge < -0.3 is 14.5 Å². The Balaban J connectivity index is 2.07. The van der Waals surface area contributed by atoms with Gasteiger partial charge in [0.1, 0.15) is 28.4 Å². The van der Waals surface area contributed by atoms with Crippen LogP contribution in [0.3, 0.4) is 0 Å². The molecule has 0 amide bonds. The molecule has 0 saturated heterocycles. The van der Waals surface area contributed by atoms with E-state index in [9.17, 15) is 4.79 Å². The van der Waals surface area contributed by atoms with Crippen molar-refractivity contribution in [3.05, 3.63) is 45.6 Å². The molecule has 0 spiro atoms. The minimum Gasteiger partial charge on any atom is -0.497 e. The Morgan fingerprint density at radius 3 is 2.67 bits per heavy atom. The molecule has 0 aliphatic heterocycles. The lowest BCUT2D eigenvalue weighted by molar-refractivity contribution is 0.399. The molecule has 1 aromatic carbocycles.